The quantitative estimate of drug-likeness (QED) is 0.749. The van der Waals surface area contributed by atoms with Crippen LogP contribution in [0.5, 0.6) is 0 Å². The highest BCUT2D eigenvalue weighted by Crippen LogP contribution is 2.09. The molecular weight excluding hydrogens is 192 g/mol. The van der Waals surface area contributed by atoms with Gasteiger partial charge in [-0.2, -0.15) is 0 Å². The third kappa shape index (κ3) is 3.22. The Morgan fingerprint density at radius 3 is 2.80 bits per heavy atom. The van der Waals surface area contributed by atoms with Gasteiger partial charge >= 0.3 is 6.03 Å². The summed E-state index contributed by atoms with van der Waals surface area (Å²) < 4.78 is 0. The molecule has 1 heterocycles. The van der Waals surface area contributed by atoms with Crippen molar-refractivity contribution in [1.29, 1.82) is 0 Å². The van der Waals surface area contributed by atoms with E-state index in [4.69, 9.17) is 0 Å². The first kappa shape index (κ1) is 12.0. The van der Waals surface area contributed by atoms with Gasteiger partial charge in [-0.05, 0) is 12.3 Å². The van der Waals surface area contributed by atoms with Gasteiger partial charge < -0.3 is 10.2 Å². The average Bonchev–Trinajstić information content (AvgIpc) is 2.55. The summed E-state index contributed by atoms with van der Waals surface area (Å²) in [5.74, 6) is 0.703. The lowest BCUT2D eigenvalue weighted by molar-refractivity contribution is -0.120. The zero-order chi connectivity index (χ0) is 11.4. The van der Waals surface area contributed by atoms with Crippen molar-refractivity contribution in [2.24, 2.45) is 5.92 Å². The first-order valence-corrected chi connectivity index (χ1v) is 5.62. The van der Waals surface area contributed by atoms with Crippen LogP contribution in [0.3, 0.4) is 0 Å². The maximum absolute atomic E-state index is 11.5. The molecule has 0 aromatic rings. The molecule has 2 amide bonds. The molecule has 1 atom stereocenters. The Kier molecular flexibility index (Phi) is 4.12. The van der Waals surface area contributed by atoms with E-state index in [0.29, 0.717) is 18.9 Å². The summed E-state index contributed by atoms with van der Waals surface area (Å²) in [5.41, 5.74) is 0. The molecule has 15 heavy (non-hydrogen) atoms. The van der Waals surface area contributed by atoms with E-state index in [1.165, 1.54) is 0 Å². The molecule has 0 radical (unpaired) electrons. The zero-order valence-electron chi connectivity index (χ0n) is 9.75. The topological polar surface area (TPSA) is 49.4 Å². The van der Waals surface area contributed by atoms with Crippen molar-refractivity contribution in [3.63, 3.8) is 0 Å². The van der Waals surface area contributed by atoms with E-state index < -0.39 is 0 Å². The molecule has 1 N–H and O–H groups in total. The third-order valence-electron chi connectivity index (χ3n) is 2.70. The van der Waals surface area contributed by atoms with Gasteiger partial charge in [0.1, 0.15) is 6.04 Å². The maximum Gasteiger partial charge on any atom is 0.318 e. The minimum absolute atomic E-state index is 0.0950. The Bertz CT molecular complexity index is 251. The first-order chi connectivity index (χ1) is 7.04. The van der Waals surface area contributed by atoms with Crippen LogP contribution in [0.25, 0.3) is 0 Å². The van der Waals surface area contributed by atoms with Gasteiger partial charge in [-0.3, -0.25) is 4.79 Å². The Hall–Kier alpha value is -1.06. The van der Waals surface area contributed by atoms with E-state index in [-0.39, 0.29) is 17.9 Å². The number of urea groups is 1. The number of carbonyl (C=O) groups excluding carboxylic acids is 2. The smallest absolute Gasteiger partial charge is 0.318 e. The molecule has 0 unspecified atom stereocenters. The molecule has 4 heteroatoms. The van der Waals surface area contributed by atoms with Gasteiger partial charge in [0, 0.05) is 19.5 Å². The first-order valence-electron chi connectivity index (χ1n) is 5.62. The highest BCUT2D eigenvalue weighted by atomic mass is 16.2. The number of nitrogens with one attached hydrogen (secondary N) is 1. The van der Waals surface area contributed by atoms with E-state index in [1.54, 1.807) is 4.90 Å². The number of hydrogen-bond acceptors (Lipinski definition) is 2. The summed E-state index contributed by atoms with van der Waals surface area (Å²) in [6.45, 7) is 7.37. The lowest BCUT2D eigenvalue weighted by Gasteiger charge is -2.15. The van der Waals surface area contributed by atoms with Gasteiger partial charge in [-0.25, -0.2) is 4.79 Å². The van der Waals surface area contributed by atoms with E-state index >= 15 is 0 Å². The fourth-order valence-electron chi connectivity index (χ4n) is 1.62. The van der Waals surface area contributed by atoms with Gasteiger partial charge in [0.05, 0.1) is 0 Å². The Morgan fingerprint density at radius 1 is 1.60 bits per heavy atom. The summed E-state index contributed by atoms with van der Waals surface area (Å²) in [5, 5.41) is 2.72. The van der Waals surface area contributed by atoms with Crippen LogP contribution in [0, 0.1) is 5.92 Å². The van der Waals surface area contributed by atoms with Crippen molar-refractivity contribution in [1.82, 2.24) is 10.2 Å². The highest BCUT2D eigenvalue weighted by molar-refractivity contribution is 5.91. The minimum Gasteiger partial charge on any atom is -0.326 e. The summed E-state index contributed by atoms with van der Waals surface area (Å²) in [6, 6.07) is -0.378. The van der Waals surface area contributed by atoms with Crippen molar-refractivity contribution in [3.8, 4) is 0 Å². The molecule has 0 saturated carbocycles. The molecule has 0 aromatic carbocycles. The van der Waals surface area contributed by atoms with Crippen molar-refractivity contribution >= 4 is 11.8 Å². The number of ketones is 1. The average molecular weight is 212 g/mol. The number of amides is 2. The van der Waals surface area contributed by atoms with Crippen molar-refractivity contribution in [2.75, 3.05) is 13.1 Å². The summed E-state index contributed by atoms with van der Waals surface area (Å²) in [4.78, 5) is 24.6. The van der Waals surface area contributed by atoms with E-state index in [0.717, 1.165) is 13.0 Å². The molecule has 1 aliphatic heterocycles. The van der Waals surface area contributed by atoms with E-state index in [1.807, 2.05) is 6.92 Å². The van der Waals surface area contributed by atoms with Crippen LogP contribution in [-0.4, -0.2) is 35.8 Å². The van der Waals surface area contributed by atoms with Crippen LogP contribution >= 0.6 is 0 Å². The molecule has 1 fully saturated rings. The van der Waals surface area contributed by atoms with Gasteiger partial charge in [-0.15, -0.1) is 0 Å². The van der Waals surface area contributed by atoms with Crippen molar-refractivity contribution in [2.45, 2.75) is 39.7 Å². The summed E-state index contributed by atoms with van der Waals surface area (Å²) >= 11 is 0. The lowest BCUT2D eigenvalue weighted by Crippen LogP contribution is -2.33. The molecule has 0 aromatic heterocycles. The fourth-order valence-corrected chi connectivity index (χ4v) is 1.62. The van der Waals surface area contributed by atoms with Crippen LogP contribution in [0.15, 0.2) is 0 Å². The zero-order valence-corrected chi connectivity index (χ0v) is 9.75. The molecule has 0 bridgehead atoms. The summed E-state index contributed by atoms with van der Waals surface area (Å²) in [6.07, 6.45) is 1.48. The number of Topliss-reactive ketones (excluding diaryl/α,β-unsaturated/α-hetero) is 1. The highest BCUT2D eigenvalue weighted by Gasteiger charge is 2.31. The fraction of sp³-hybridized carbons (Fsp3) is 0.818. The number of nitrogens with zero attached hydrogens (tertiary/aromatic N) is 1. The second-order valence-electron chi connectivity index (χ2n) is 4.45. The van der Waals surface area contributed by atoms with Crippen molar-refractivity contribution < 1.29 is 9.59 Å². The van der Waals surface area contributed by atoms with Gasteiger partial charge in [0.2, 0.25) is 0 Å². The predicted octanol–water partition coefficient (Wildman–Crippen LogP) is 1.41. The van der Waals surface area contributed by atoms with Crippen molar-refractivity contribution in [3.05, 3.63) is 0 Å². The molecule has 0 aliphatic carbocycles. The third-order valence-corrected chi connectivity index (χ3v) is 2.70. The maximum atomic E-state index is 11.5. The molecule has 4 nitrogen and oxygen atoms in total. The van der Waals surface area contributed by atoms with Crippen LogP contribution in [0.2, 0.25) is 0 Å². The normalized spacial score (nSPS) is 20.9. The monoisotopic (exact) mass is 212 g/mol. The summed E-state index contributed by atoms with van der Waals surface area (Å²) in [7, 11) is 0. The van der Waals surface area contributed by atoms with Gasteiger partial charge in [-0.1, -0.05) is 20.8 Å². The van der Waals surface area contributed by atoms with Crippen LogP contribution in [0.4, 0.5) is 4.79 Å². The van der Waals surface area contributed by atoms with Gasteiger partial charge in [0.25, 0.3) is 0 Å². The second kappa shape index (κ2) is 5.14. The van der Waals surface area contributed by atoms with Crippen LogP contribution in [0.1, 0.15) is 33.6 Å². The Labute approximate surface area is 91.0 Å². The molecule has 1 rings (SSSR count). The molecule has 1 aliphatic rings. The largest absolute Gasteiger partial charge is 0.326 e. The SMILES string of the molecule is CCC(=O)[C@@H]1CN(CCC(C)C)C(=O)N1. The standard InChI is InChI=1S/C11H20N2O2/c1-4-10(14)9-7-13(11(15)12-9)6-5-8(2)3/h8-9H,4-7H2,1-3H3,(H,12,15)/t9-/m0/s1. The number of rotatable bonds is 5. The lowest BCUT2D eigenvalue weighted by atomic mass is 10.1. The Balaban J connectivity index is 2.42. The van der Waals surface area contributed by atoms with E-state index in [9.17, 15) is 9.59 Å². The number of hydrogen-bond donors (Lipinski definition) is 1. The van der Waals surface area contributed by atoms with Crippen LogP contribution < -0.4 is 5.32 Å². The van der Waals surface area contributed by atoms with Gasteiger partial charge in [0.15, 0.2) is 5.78 Å². The predicted molar refractivity (Wildman–Crippen MR) is 58.6 cm³/mol. The second-order valence-corrected chi connectivity index (χ2v) is 4.45. The molecule has 86 valence electrons. The Morgan fingerprint density at radius 2 is 2.27 bits per heavy atom. The number of carbonyl (C=O) groups is 2. The molecular formula is C11H20N2O2. The minimum atomic E-state index is -0.283. The van der Waals surface area contributed by atoms with Crippen LogP contribution in [-0.2, 0) is 4.79 Å². The van der Waals surface area contributed by atoms with E-state index in [2.05, 4.69) is 19.2 Å². The molecule has 0 spiro atoms. The molecule has 1 saturated heterocycles.